The molecule has 0 spiro atoms. The number of rotatable bonds is 1. The van der Waals surface area contributed by atoms with Crippen LogP contribution < -0.4 is 0 Å². The number of hydrogen-bond donors (Lipinski definition) is 0. The number of ether oxygens (including phenoxy) is 1. The Morgan fingerprint density at radius 3 is 2.33 bits per heavy atom. The fourth-order valence-electron chi connectivity index (χ4n) is 2.34. The molecule has 2 aliphatic rings. The average Bonchev–Trinajstić information content (AvgIpc) is 2.71. The van der Waals surface area contributed by atoms with Gasteiger partial charge in [0.1, 0.15) is 6.10 Å². The van der Waals surface area contributed by atoms with Gasteiger partial charge in [-0.15, -0.1) is 0 Å². The second kappa shape index (κ2) is 4.86. The summed E-state index contributed by atoms with van der Waals surface area (Å²) in [4.78, 5) is 13.6. The van der Waals surface area contributed by atoms with E-state index in [-0.39, 0.29) is 12.2 Å². The first-order chi connectivity index (χ1) is 7.25. The summed E-state index contributed by atoms with van der Waals surface area (Å²) in [5.74, 6) is 0.514. The Kier molecular flexibility index (Phi) is 3.49. The SMILES string of the molecule is [CH2]C1CCN(C(=O)OC2CCCC2)CC1. The molecule has 0 aromatic heterocycles. The molecule has 1 heterocycles. The Bertz CT molecular complexity index is 216. The molecule has 1 radical (unpaired) electrons. The minimum absolute atomic E-state index is 0.103. The predicted octanol–water partition coefficient (Wildman–Crippen LogP) is 2.61. The summed E-state index contributed by atoms with van der Waals surface area (Å²) in [6.45, 7) is 5.65. The van der Waals surface area contributed by atoms with Crippen molar-refractivity contribution in [2.45, 2.75) is 44.6 Å². The summed E-state index contributed by atoms with van der Waals surface area (Å²) < 4.78 is 5.45. The van der Waals surface area contributed by atoms with E-state index in [1.807, 2.05) is 4.90 Å². The predicted molar refractivity (Wildman–Crippen MR) is 58.4 cm³/mol. The van der Waals surface area contributed by atoms with Crippen molar-refractivity contribution in [1.29, 1.82) is 0 Å². The lowest BCUT2D eigenvalue weighted by molar-refractivity contribution is 0.0573. The van der Waals surface area contributed by atoms with Gasteiger partial charge in [-0.1, -0.05) is 6.92 Å². The molecule has 1 aliphatic heterocycles. The third-order valence-corrected chi connectivity index (χ3v) is 3.44. The van der Waals surface area contributed by atoms with Crippen LogP contribution in [0.5, 0.6) is 0 Å². The van der Waals surface area contributed by atoms with Gasteiger partial charge in [0.05, 0.1) is 0 Å². The van der Waals surface area contributed by atoms with E-state index in [0.29, 0.717) is 5.92 Å². The zero-order chi connectivity index (χ0) is 10.7. The van der Waals surface area contributed by atoms with Crippen LogP contribution in [0.4, 0.5) is 4.79 Å². The van der Waals surface area contributed by atoms with Crippen LogP contribution in [0.3, 0.4) is 0 Å². The highest BCUT2D eigenvalue weighted by atomic mass is 16.6. The van der Waals surface area contributed by atoms with E-state index in [1.54, 1.807) is 0 Å². The first-order valence-corrected chi connectivity index (χ1v) is 6.04. The monoisotopic (exact) mass is 210 g/mol. The average molecular weight is 210 g/mol. The fourth-order valence-corrected chi connectivity index (χ4v) is 2.34. The van der Waals surface area contributed by atoms with E-state index < -0.39 is 0 Å². The normalized spacial score (nSPS) is 24.5. The van der Waals surface area contributed by atoms with Gasteiger partial charge < -0.3 is 9.64 Å². The molecule has 1 aliphatic carbocycles. The van der Waals surface area contributed by atoms with Crippen molar-refractivity contribution in [2.24, 2.45) is 5.92 Å². The summed E-state index contributed by atoms with van der Waals surface area (Å²) in [6, 6.07) is 0. The quantitative estimate of drug-likeness (QED) is 0.665. The van der Waals surface area contributed by atoms with Crippen LogP contribution in [0.15, 0.2) is 0 Å². The summed E-state index contributed by atoms with van der Waals surface area (Å²) in [7, 11) is 0. The van der Waals surface area contributed by atoms with Gasteiger partial charge in [-0.2, -0.15) is 0 Å². The summed E-state index contributed by atoms with van der Waals surface area (Å²) in [6.07, 6.45) is 6.63. The number of carbonyl (C=O) groups excluding carboxylic acids is 1. The highest BCUT2D eigenvalue weighted by Gasteiger charge is 2.25. The van der Waals surface area contributed by atoms with Crippen molar-refractivity contribution in [3.05, 3.63) is 6.92 Å². The molecule has 2 rings (SSSR count). The number of piperidine rings is 1. The van der Waals surface area contributed by atoms with Gasteiger partial charge in [0.25, 0.3) is 0 Å². The van der Waals surface area contributed by atoms with Gasteiger partial charge in [0.15, 0.2) is 0 Å². The maximum absolute atomic E-state index is 11.7. The number of hydrogen-bond acceptors (Lipinski definition) is 2. The molecule has 0 aromatic carbocycles. The second-order valence-corrected chi connectivity index (χ2v) is 4.72. The van der Waals surface area contributed by atoms with E-state index in [9.17, 15) is 4.79 Å². The van der Waals surface area contributed by atoms with Gasteiger partial charge in [-0.05, 0) is 44.4 Å². The van der Waals surface area contributed by atoms with Crippen molar-refractivity contribution in [2.75, 3.05) is 13.1 Å². The zero-order valence-electron chi connectivity index (χ0n) is 9.28. The van der Waals surface area contributed by atoms with Crippen molar-refractivity contribution in [3.63, 3.8) is 0 Å². The zero-order valence-corrected chi connectivity index (χ0v) is 9.28. The lowest BCUT2D eigenvalue weighted by Crippen LogP contribution is -2.39. The van der Waals surface area contributed by atoms with Crippen molar-refractivity contribution >= 4 is 6.09 Å². The molecule has 2 fully saturated rings. The van der Waals surface area contributed by atoms with Crippen LogP contribution in [0, 0.1) is 12.8 Å². The van der Waals surface area contributed by atoms with Gasteiger partial charge >= 0.3 is 6.09 Å². The molecule has 1 amide bonds. The van der Waals surface area contributed by atoms with Crippen molar-refractivity contribution in [1.82, 2.24) is 4.90 Å². The van der Waals surface area contributed by atoms with Gasteiger partial charge in [-0.3, -0.25) is 0 Å². The Balaban J connectivity index is 1.75. The van der Waals surface area contributed by atoms with E-state index >= 15 is 0 Å². The fraction of sp³-hybridized carbons (Fsp3) is 0.833. The molecule has 3 nitrogen and oxygen atoms in total. The molecule has 1 saturated heterocycles. The van der Waals surface area contributed by atoms with Crippen LogP contribution >= 0.6 is 0 Å². The summed E-state index contributed by atoms with van der Waals surface area (Å²) >= 11 is 0. The highest BCUT2D eigenvalue weighted by molar-refractivity contribution is 5.67. The van der Waals surface area contributed by atoms with Crippen molar-refractivity contribution < 1.29 is 9.53 Å². The molecule has 0 N–H and O–H groups in total. The molecular weight excluding hydrogens is 190 g/mol. The molecule has 85 valence electrons. The first-order valence-electron chi connectivity index (χ1n) is 6.04. The minimum atomic E-state index is -0.103. The number of likely N-dealkylation sites (tertiary alicyclic amines) is 1. The topological polar surface area (TPSA) is 29.5 Å². The molecule has 0 unspecified atom stereocenters. The molecule has 0 aromatic rings. The number of amides is 1. The van der Waals surface area contributed by atoms with Crippen molar-refractivity contribution in [3.8, 4) is 0 Å². The lowest BCUT2D eigenvalue weighted by Gasteiger charge is -2.30. The van der Waals surface area contributed by atoms with E-state index in [4.69, 9.17) is 4.74 Å². The Hall–Kier alpha value is -0.730. The van der Waals surface area contributed by atoms with E-state index in [0.717, 1.165) is 38.8 Å². The molecule has 15 heavy (non-hydrogen) atoms. The molecule has 0 bridgehead atoms. The molecular formula is C12H20NO2. The standard InChI is InChI=1S/C12H20NO2/c1-10-6-8-13(9-7-10)12(14)15-11-4-2-3-5-11/h10-11H,1-9H2. The van der Waals surface area contributed by atoms with Crippen LogP contribution in [0.25, 0.3) is 0 Å². The maximum atomic E-state index is 11.7. The van der Waals surface area contributed by atoms with Gasteiger partial charge in [-0.25, -0.2) is 4.79 Å². The van der Waals surface area contributed by atoms with E-state index in [1.165, 1.54) is 12.8 Å². The second-order valence-electron chi connectivity index (χ2n) is 4.72. The summed E-state index contributed by atoms with van der Waals surface area (Å²) in [5, 5.41) is 0. The molecule has 0 atom stereocenters. The maximum Gasteiger partial charge on any atom is 0.410 e. The largest absolute Gasteiger partial charge is 0.446 e. The lowest BCUT2D eigenvalue weighted by atomic mass is 10.00. The van der Waals surface area contributed by atoms with Gasteiger partial charge in [0, 0.05) is 13.1 Å². The number of nitrogens with zero attached hydrogens (tertiary/aromatic N) is 1. The third kappa shape index (κ3) is 2.86. The summed E-state index contributed by atoms with van der Waals surface area (Å²) in [5.41, 5.74) is 0. The molecule has 1 saturated carbocycles. The number of carbonyl (C=O) groups is 1. The smallest absolute Gasteiger partial charge is 0.410 e. The Morgan fingerprint density at radius 2 is 1.73 bits per heavy atom. The van der Waals surface area contributed by atoms with Crippen LogP contribution in [0.1, 0.15) is 38.5 Å². The Morgan fingerprint density at radius 1 is 1.13 bits per heavy atom. The third-order valence-electron chi connectivity index (χ3n) is 3.44. The first kappa shape index (κ1) is 10.8. The van der Waals surface area contributed by atoms with Crippen LogP contribution in [-0.2, 0) is 4.74 Å². The van der Waals surface area contributed by atoms with Crippen LogP contribution in [0.2, 0.25) is 0 Å². The van der Waals surface area contributed by atoms with Crippen LogP contribution in [-0.4, -0.2) is 30.2 Å². The minimum Gasteiger partial charge on any atom is -0.446 e. The van der Waals surface area contributed by atoms with Gasteiger partial charge in [0.2, 0.25) is 0 Å². The van der Waals surface area contributed by atoms with E-state index in [2.05, 4.69) is 6.92 Å². The Labute approximate surface area is 91.8 Å². The molecule has 3 heteroatoms. The highest BCUT2D eigenvalue weighted by Crippen LogP contribution is 2.23.